The molecule has 2 N–H and O–H groups in total. The van der Waals surface area contributed by atoms with E-state index in [0.29, 0.717) is 11.9 Å². The Morgan fingerprint density at radius 3 is 2.69 bits per heavy atom. The predicted octanol–water partition coefficient (Wildman–Crippen LogP) is 1.82. The van der Waals surface area contributed by atoms with Crippen molar-refractivity contribution in [2.75, 3.05) is 13.1 Å². The number of piperidine rings is 1. The Morgan fingerprint density at radius 1 is 1.38 bits per heavy atom. The minimum atomic E-state index is -0.0303. The number of nitrogens with one attached hydrogen (secondary N) is 2. The average Bonchev–Trinajstić information content (AvgIpc) is 2.80. The molecule has 1 heterocycles. The molecule has 0 aromatic heterocycles. The van der Waals surface area contributed by atoms with Gasteiger partial charge in [0, 0.05) is 18.0 Å². The molecule has 1 aliphatic heterocycles. The lowest BCUT2D eigenvalue weighted by atomic mass is 9.82. The average molecular weight is 224 g/mol. The van der Waals surface area contributed by atoms with Gasteiger partial charge in [-0.2, -0.15) is 0 Å². The van der Waals surface area contributed by atoms with Gasteiger partial charge >= 0.3 is 0 Å². The maximum Gasteiger partial charge on any atom is 0.226 e. The first kappa shape index (κ1) is 11.9. The topological polar surface area (TPSA) is 41.1 Å². The van der Waals surface area contributed by atoms with Crippen molar-refractivity contribution in [2.24, 2.45) is 5.41 Å². The van der Waals surface area contributed by atoms with E-state index in [-0.39, 0.29) is 5.41 Å². The lowest BCUT2D eigenvalue weighted by molar-refractivity contribution is -0.131. The molecule has 92 valence electrons. The van der Waals surface area contributed by atoms with Crippen molar-refractivity contribution in [2.45, 2.75) is 57.9 Å². The van der Waals surface area contributed by atoms with Crippen LogP contribution in [0.15, 0.2) is 0 Å². The van der Waals surface area contributed by atoms with E-state index < -0.39 is 0 Å². The second kappa shape index (κ2) is 5.17. The normalized spacial score (nSPS) is 28.9. The van der Waals surface area contributed by atoms with Gasteiger partial charge in [0.05, 0.1) is 0 Å². The molecule has 0 bridgehead atoms. The Bertz CT molecular complexity index is 240. The monoisotopic (exact) mass is 224 g/mol. The number of carbonyl (C=O) groups excluding carboxylic acids is 1. The zero-order valence-corrected chi connectivity index (χ0v) is 10.3. The lowest BCUT2D eigenvalue weighted by Crippen LogP contribution is -2.50. The minimum absolute atomic E-state index is 0.0303. The van der Waals surface area contributed by atoms with Crippen LogP contribution in [0.5, 0.6) is 0 Å². The van der Waals surface area contributed by atoms with E-state index in [1.165, 1.54) is 19.3 Å². The number of hydrogen-bond acceptors (Lipinski definition) is 2. The number of carbonyl (C=O) groups is 1. The fourth-order valence-electron chi connectivity index (χ4n) is 3.11. The molecular formula is C13H24N2O. The van der Waals surface area contributed by atoms with Crippen LogP contribution in [0.4, 0.5) is 0 Å². The zero-order chi connectivity index (χ0) is 11.4. The van der Waals surface area contributed by atoms with E-state index in [1.54, 1.807) is 0 Å². The third-order valence-electron chi connectivity index (χ3n) is 4.35. The Labute approximate surface area is 98.4 Å². The van der Waals surface area contributed by atoms with Crippen LogP contribution in [0.25, 0.3) is 0 Å². The second-order valence-corrected chi connectivity index (χ2v) is 5.36. The van der Waals surface area contributed by atoms with Gasteiger partial charge in [0.1, 0.15) is 0 Å². The van der Waals surface area contributed by atoms with Crippen molar-refractivity contribution in [3.8, 4) is 0 Å². The van der Waals surface area contributed by atoms with E-state index in [2.05, 4.69) is 17.6 Å². The number of hydrogen-bond donors (Lipinski definition) is 2. The van der Waals surface area contributed by atoms with Crippen LogP contribution >= 0.6 is 0 Å². The Morgan fingerprint density at radius 2 is 2.12 bits per heavy atom. The SMILES string of the molecule is CCC1(C(=O)NC2CCCNC2)CCCC1. The van der Waals surface area contributed by atoms with Crippen LogP contribution in [0.1, 0.15) is 51.9 Å². The van der Waals surface area contributed by atoms with E-state index >= 15 is 0 Å². The summed E-state index contributed by atoms with van der Waals surface area (Å²) in [4.78, 5) is 12.3. The van der Waals surface area contributed by atoms with E-state index in [0.717, 1.165) is 38.8 Å². The van der Waals surface area contributed by atoms with Gasteiger partial charge in [-0.05, 0) is 38.6 Å². The van der Waals surface area contributed by atoms with E-state index in [9.17, 15) is 4.79 Å². The largest absolute Gasteiger partial charge is 0.352 e. The molecule has 1 atom stereocenters. The molecule has 2 rings (SSSR count). The van der Waals surface area contributed by atoms with Crippen molar-refractivity contribution in [3.63, 3.8) is 0 Å². The maximum atomic E-state index is 12.3. The molecule has 0 aromatic rings. The number of amides is 1. The highest BCUT2D eigenvalue weighted by molar-refractivity contribution is 5.83. The van der Waals surface area contributed by atoms with Crippen LogP contribution in [0.3, 0.4) is 0 Å². The summed E-state index contributed by atoms with van der Waals surface area (Å²) in [5.74, 6) is 0.321. The molecule has 3 nitrogen and oxygen atoms in total. The predicted molar refractivity (Wildman–Crippen MR) is 65.2 cm³/mol. The first-order valence-corrected chi connectivity index (χ1v) is 6.78. The van der Waals surface area contributed by atoms with Crippen molar-refractivity contribution in [1.29, 1.82) is 0 Å². The first-order valence-electron chi connectivity index (χ1n) is 6.78. The van der Waals surface area contributed by atoms with Crippen LogP contribution in [0, 0.1) is 5.41 Å². The third-order valence-corrected chi connectivity index (χ3v) is 4.35. The van der Waals surface area contributed by atoms with Gasteiger partial charge < -0.3 is 10.6 Å². The summed E-state index contributed by atoms with van der Waals surface area (Å²) in [6.07, 6.45) is 7.96. The van der Waals surface area contributed by atoms with Gasteiger partial charge in [0.25, 0.3) is 0 Å². The Hall–Kier alpha value is -0.570. The maximum absolute atomic E-state index is 12.3. The molecule has 1 saturated heterocycles. The minimum Gasteiger partial charge on any atom is -0.352 e. The number of rotatable bonds is 3. The molecule has 1 amide bonds. The van der Waals surface area contributed by atoms with E-state index in [4.69, 9.17) is 0 Å². The first-order chi connectivity index (χ1) is 7.77. The molecule has 2 fully saturated rings. The van der Waals surface area contributed by atoms with Crippen LogP contribution in [-0.4, -0.2) is 25.0 Å². The van der Waals surface area contributed by atoms with Crippen LogP contribution < -0.4 is 10.6 Å². The summed E-state index contributed by atoms with van der Waals surface area (Å²) in [5, 5.41) is 6.60. The highest BCUT2D eigenvalue weighted by atomic mass is 16.2. The molecule has 1 unspecified atom stereocenters. The van der Waals surface area contributed by atoms with Gasteiger partial charge in [-0.1, -0.05) is 19.8 Å². The highest BCUT2D eigenvalue weighted by Gasteiger charge is 2.39. The standard InChI is InChI=1S/C13H24N2O/c1-2-13(7-3-4-8-13)12(16)15-11-6-5-9-14-10-11/h11,14H,2-10H2,1H3,(H,15,16). The zero-order valence-electron chi connectivity index (χ0n) is 10.3. The summed E-state index contributed by atoms with van der Waals surface area (Å²) in [5.41, 5.74) is -0.0303. The van der Waals surface area contributed by atoms with Gasteiger partial charge in [-0.15, -0.1) is 0 Å². The van der Waals surface area contributed by atoms with Crippen molar-refractivity contribution in [1.82, 2.24) is 10.6 Å². The smallest absolute Gasteiger partial charge is 0.226 e. The van der Waals surface area contributed by atoms with Crippen molar-refractivity contribution in [3.05, 3.63) is 0 Å². The molecular weight excluding hydrogens is 200 g/mol. The molecule has 0 aromatic carbocycles. The molecule has 1 saturated carbocycles. The van der Waals surface area contributed by atoms with Gasteiger partial charge in [0.2, 0.25) is 5.91 Å². The fourth-order valence-corrected chi connectivity index (χ4v) is 3.11. The summed E-state index contributed by atoms with van der Waals surface area (Å²) in [7, 11) is 0. The summed E-state index contributed by atoms with van der Waals surface area (Å²) >= 11 is 0. The summed E-state index contributed by atoms with van der Waals surface area (Å²) < 4.78 is 0. The quantitative estimate of drug-likeness (QED) is 0.768. The Kier molecular flexibility index (Phi) is 3.85. The van der Waals surface area contributed by atoms with Crippen LogP contribution in [0.2, 0.25) is 0 Å². The molecule has 0 radical (unpaired) electrons. The lowest BCUT2D eigenvalue weighted by Gasteiger charge is -2.31. The molecule has 16 heavy (non-hydrogen) atoms. The molecule has 2 aliphatic rings. The fraction of sp³-hybridized carbons (Fsp3) is 0.923. The Balaban J connectivity index is 1.90. The van der Waals surface area contributed by atoms with Gasteiger partial charge in [0.15, 0.2) is 0 Å². The molecule has 0 spiro atoms. The highest BCUT2D eigenvalue weighted by Crippen LogP contribution is 2.41. The van der Waals surface area contributed by atoms with Crippen molar-refractivity contribution >= 4 is 5.91 Å². The second-order valence-electron chi connectivity index (χ2n) is 5.36. The van der Waals surface area contributed by atoms with Gasteiger partial charge in [-0.3, -0.25) is 4.79 Å². The van der Waals surface area contributed by atoms with E-state index in [1.807, 2.05) is 0 Å². The summed E-state index contributed by atoms with van der Waals surface area (Å²) in [6.45, 7) is 4.21. The molecule has 3 heteroatoms. The molecule has 1 aliphatic carbocycles. The third kappa shape index (κ3) is 2.40. The van der Waals surface area contributed by atoms with Gasteiger partial charge in [-0.25, -0.2) is 0 Å². The van der Waals surface area contributed by atoms with Crippen LogP contribution in [-0.2, 0) is 4.79 Å². The van der Waals surface area contributed by atoms with Crippen molar-refractivity contribution < 1.29 is 4.79 Å². The summed E-state index contributed by atoms with van der Waals surface area (Å²) in [6, 6.07) is 0.366.